The van der Waals surface area contributed by atoms with E-state index in [0.29, 0.717) is 29.7 Å². The minimum absolute atomic E-state index is 0.0196. The maximum atomic E-state index is 11.2. The number of nitrogens with zero attached hydrogens (tertiary/aromatic N) is 2. The maximum absolute atomic E-state index is 11.2. The van der Waals surface area contributed by atoms with Crippen LogP contribution in [-0.2, 0) is 27.5 Å². The van der Waals surface area contributed by atoms with Crippen molar-refractivity contribution in [3.8, 4) is 15.8 Å². The van der Waals surface area contributed by atoms with Gasteiger partial charge in [-0.3, -0.25) is 4.79 Å². The highest BCUT2D eigenvalue weighted by molar-refractivity contribution is 7.90. The van der Waals surface area contributed by atoms with Crippen molar-refractivity contribution < 1.29 is 23.1 Å². The number of aryl methyl sites for hydroxylation is 1. The van der Waals surface area contributed by atoms with Crippen molar-refractivity contribution >= 4 is 38.6 Å². The van der Waals surface area contributed by atoms with Crippen molar-refractivity contribution in [2.45, 2.75) is 33.1 Å². The van der Waals surface area contributed by atoms with E-state index in [1.807, 2.05) is 38.1 Å². The molecule has 0 spiro atoms. The van der Waals surface area contributed by atoms with Crippen molar-refractivity contribution in [3.05, 3.63) is 53.2 Å². The lowest BCUT2D eigenvalue weighted by molar-refractivity contribution is -0.136. The van der Waals surface area contributed by atoms with Gasteiger partial charge in [-0.25, -0.2) is 18.4 Å². The maximum Gasteiger partial charge on any atom is 0.307 e. The number of aliphatic carboxylic acids is 1. The van der Waals surface area contributed by atoms with Crippen molar-refractivity contribution in [2.24, 2.45) is 0 Å². The van der Waals surface area contributed by atoms with Crippen LogP contribution in [0.4, 0.5) is 11.5 Å². The first-order valence-corrected chi connectivity index (χ1v) is 13.4. The molecule has 3 rings (SSSR count). The number of hydrogen-bond donors (Lipinski definition) is 2. The van der Waals surface area contributed by atoms with Crippen LogP contribution in [0.5, 0.6) is 5.06 Å². The van der Waals surface area contributed by atoms with Gasteiger partial charge in [0.25, 0.3) is 0 Å². The first-order valence-electron chi connectivity index (χ1n) is 10.5. The highest BCUT2D eigenvalue weighted by atomic mass is 32.2. The number of rotatable bonds is 11. The number of carboxylic acids is 1. The molecule has 3 aromatic rings. The van der Waals surface area contributed by atoms with Crippen molar-refractivity contribution in [3.63, 3.8) is 0 Å². The lowest BCUT2D eigenvalue weighted by Gasteiger charge is -2.14. The van der Waals surface area contributed by atoms with E-state index in [1.54, 1.807) is 12.1 Å². The molecule has 0 fully saturated rings. The van der Waals surface area contributed by atoms with Gasteiger partial charge in [0, 0.05) is 23.2 Å². The van der Waals surface area contributed by atoms with Crippen LogP contribution in [0.3, 0.4) is 0 Å². The van der Waals surface area contributed by atoms with Crippen LogP contribution in [0, 0.1) is 6.92 Å². The van der Waals surface area contributed by atoms with Gasteiger partial charge < -0.3 is 15.2 Å². The van der Waals surface area contributed by atoms with Crippen LogP contribution >= 0.6 is 11.3 Å². The van der Waals surface area contributed by atoms with Crippen molar-refractivity contribution in [1.29, 1.82) is 0 Å². The summed E-state index contributed by atoms with van der Waals surface area (Å²) in [7, 11) is -3.00. The molecule has 10 heteroatoms. The summed E-state index contributed by atoms with van der Waals surface area (Å²) in [5.74, 6) is 0.508. The van der Waals surface area contributed by atoms with Gasteiger partial charge in [-0.05, 0) is 49.6 Å². The van der Waals surface area contributed by atoms with Gasteiger partial charge in [0.1, 0.15) is 15.7 Å². The number of ether oxygens (including phenoxy) is 1. The highest BCUT2D eigenvalue weighted by Crippen LogP contribution is 2.33. The number of aromatic nitrogens is 2. The van der Waals surface area contributed by atoms with Crippen molar-refractivity contribution in [2.75, 3.05) is 23.9 Å². The summed E-state index contributed by atoms with van der Waals surface area (Å²) < 4.78 is 28.2. The minimum Gasteiger partial charge on any atom is -0.484 e. The summed E-state index contributed by atoms with van der Waals surface area (Å²) in [5, 5.41) is 13.0. The number of hydrogen-bond acceptors (Lipinski definition) is 8. The van der Waals surface area contributed by atoms with Gasteiger partial charge in [0.15, 0.2) is 10.9 Å². The number of carbonyl (C=O) groups is 1. The van der Waals surface area contributed by atoms with Crippen LogP contribution in [0.25, 0.3) is 10.7 Å². The largest absolute Gasteiger partial charge is 0.484 e. The SMILES string of the molecule is CCc1c(C)nc(-c2ccc(OCCCS(C)(=O)=O)s2)nc1Nc1ccc(CC(=O)O)cc1. The van der Waals surface area contributed by atoms with Crippen LogP contribution in [0.2, 0.25) is 0 Å². The van der Waals surface area contributed by atoms with Gasteiger partial charge in [-0.1, -0.05) is 30.4 Å². The Morgan fingerprint density at radius 1 is 1.15 bits per heavy atom. The number of benzene rings is 1. The molecule has 0 atom stereocenters. The Morgan fingerprint density at radius 3 is 2.52 bits per heavy atom. The van der Waals surface area contributed by atoms with Crippen LogP contribution < -0.4 is 10.1 Å². The smallest absolute Gasteiger partial charge is 0.307 e. The van der Waals surface area contributed by atoms with Gasteiger partial charge in [0.2, 0.25) is 0 Å². The zero-order chi connectivity index (χ0) is 24.0. The Kier molecular flexibility index (Phi) is 8.04. The second-order valence-electron chi connectivity index (χ2n) is 7.66. The Labute approximate surface area is 197 Å². The summed E-state index contributed by atoms with van der Waals surface area (Å²) in [6.07, 6.45) is 2.39. The van der Waals surface area contributed by atoms with Crippen molar-refractivity contribution in [1.82, 2.24) is 9.97 Å². The predicted octanol–water partition coefficient (Wildman–Crippen LogP) is 4.26. The molecule has 0 amide bonds. The molecule has 1 aromatic carbocycles. The first kappa shape index (κ1) is 24.7. The van der Waals surface area contributed by atoms with Gasteiger partial charge in [-0.2, -0.15) is 0 Å². The highest BCUT2D eigenvalue weighted by Gasteiger charge is 2.14. The van der Waals surface area contributed by atoms with E-state index in [2.05, 4.69) is 10.3 Å². The van der Waals surface area contributed by atoms with E-state index < -0.39 is 15.8 Å². The molecule has 0 radical (unpaired) electrons. The van der Waals surface area contributed by atoms with Crippen LogP contribution in [-0.4, -0.2) is 48.1 Å². The fourth-order valence-corrected chi connectivity index (χ4v) is 4.72. The topological polar surface area (TPSA) is 118 Å². The molecule has 2 N–H and O–H groups in total. The second kappa shape index (κ2) is 10.8. The molecule has 2 heterocycles. The Balaban J connectivity index is 1.77. The fraction of sp³-hybridized carbons (Fsp3) is 0.348. The molecule has 0 aliphatic rings. The molecule has 0 saturated heterocycles. The Morgan fingerprint density at radius 2 is 1.88 bits per heavy atom. The van der Waals surface area contributed by atoms with E-state index >= 15 is 0 Å². The summed E-state index contributed by atoms with van der Waals surface area (Å²) in [6, 6.07) is 11.0. The minimum atomic E-state index is -3.00. The summed E-state index contributed by atoms with van der Waals surface area (Å²) >= 11 is 1.41. The average Bonchev–Trinajstić information content (AvgIpc) is 3.20. The monoisotopic (exact) mass is 489 g/mol. The number of nitrogens with one attached hydrogen (secondary N) is 1. The first-order chi connectivity index (χ1) is 15.6. The van der Waals surface area contributed by atoms with Gasteiger partial charge in [-0.15, -0.1) is 0 Å². The summed E-state index contributed by atoms with van der Waals surface area (Å²) in [5.41, 5.74) is 3.41. The fourth-order valence-electron chi connectivity index (χ4n) is 3.26. The van der Waals surface area contributed by atoms with E-state index in [9.17, 15) is 13.2 Å². The third kappa shape index (κ3) is 7.26. The quantitative estimate of drug-likeness (QED) is 0.384. The number of anilines is 2. The standard InChI is InChI=1S/C23H27N3O5S2/c1-4-18-15(2)24-23(19-10-11-21(32-19)31-12-5-13-33(3,29)30)26-22(18)25-17-8-6-16(7-9-17)14-20(27)28/h6-11H,4-5,12-14H2,1-3H3,(H,27,28)(H,24,25,26). The molecule has 176 valence electrons. The molecule has 8 nitrogen and oxygen atoms in total. The van der Waals surface area contributed by atoms with E-state index in [1.165, 1.54) is 17.6 Å². The van der Waals surface area contributed by atoms with Gasteiger partial charge in [0.05, 0.1) is 23.7 Å². The predicted molar refractivity (Wildman–Crippen MR) is 130 cm³/mol. The molecule has 0 bridgehead atoms. The summed E-state index contributed by atoms with van der Waals surface area (Å²) in [4.78, 5) is 21.1. The molecule has 33 heavy (non-hydrogen) atoms. The molecular weight excluding hydrogens is 462 g/mol. The van der Waals surface area contributed by atoms with E-state index in [-0.39, 0.29) is 12.2 Å². The molecule has 2 aromatic heterocycles. The molecule has 0 aliphatic carbocycles. The lowest BCUT2D eigenvalue weighted by atomic mass is 10.1. The normalized spacial score (nSPS) is 11.4. The average molecular weight is 490 g/mol. The molecule has 0 unspecified atom stereocenters. The lowest BCUT2D eigenvalue weighted by Crippen LogP contribution is -2.07. The summed E-state index contributed by atoms with van der Waals surface area (Å²) in [6.45, 7) is 4.31. The number of carboxylic acid groups (broad SMARTS) is 1. The second-order valence-corrected chi connectivity index (χ2v) is 11.0. The third-order valence-electron chi connectivity index (χ3n) is 4.84. The Bertz CT molecular complexity index is 1220. The Hall–Kier alpha value is -2.98. The number of thiophene rings is 1. The molecular formula is C23H27N3O5S2. The van der Waals surface area contributed by atoms with Gasteiger partial charge >= 0.3 is 5.97 Å². The molecule has 0 saturated carbocycles. The van der Waals surface area contributed by atoms with E-state index in [0.717, 1.165) is 33.8 Å². The van der Waals surface area contributed by atoms with E-state index in [4.69, 9.17) is 14.8 Å². The molecule has 0 aliphatic heterocycles. The third-order valence-corrected chi connectivity index (χ3v) is 6.87. The van der Waals surface area contributed by atoms with Crippen LogP contribution in [0.15, 0.2) is 36.4 Å². The number of sulfone groups is 1. The zero-order valence-corrected chi connectivity index (χ0v) is 20.4. The van der Waals surface area contributed by atoms with Crippen LogP contribution in [0.1, 0.15) is 30.2 Å². The zero-order valence-electron chi connectivity index (χ0n) is 18.8.